The normalized spacial score (nSPS) is 19.5. The molecule has 0 atom stereocenters. The Morgan fingerprint density at radius 3 is 2.69 bits per heavy atom. The summed E-state index contributed by atoms with van der Waals surface area (Å²) in [4.78, 5) is 4.46. The fourth-order valence-corrected chi connectivity index (χ4v) is 3.22. The maximum Gasteiger partial charge on any atom is 0.111 e. The van der Waals surface area contributed by atoms with E-state index in [2.05, 4.69) is 42.2 Å². The van der Waals surface area contributed by atoms with Gasteiger partial charge in [-0.1, -0.05) is 26.7 Å². The van der Waals surface area contributed by atoms with Gasteiger partial charge in [0.15, 0.2) is 0 Å². The van der Waals surface area contributed by atoms with Crippen molar-refractivity contribution in [2.45, 2.75) is 52.0 Å². The van der Waals surface area contributed by atoms with Gasteiger partial charge in [0.05, 0.1) is 0 Å². The van der Waals surface area contributed by atoms with Gasteiger partial charge in [0.2, 0.25) is 0 Å². The second kappa shape index (κ2) is 4.82. The first-order valence-electron chi connectivity index (χ1n) is 6.29. The molecule has 1 heterocycles. The lowest BCUT2D eigenvalue weighted by molar-refractivity contribution is 0.285. The fourth-order valence-electron chi connectivity index (χ4n) is 2.81. The van der Waals surface area contributed by atoms with Crippen molar-refractivity contribution in [2.24, 2.45) is 5.41 Å². The second-order valence-corrected chi connectivity index (χ2v) is 5.75. The monoisotopic (exact) mass is 238 g/mol. The largest absolute Gasteiger partial charge is 0.334 e. The summed E-state index contributed by atoms with van der Waals surface area (Å²) in [6.07, 6.45) is 9.44. The third kappa shape index (κ3) is 2.29. The average molecular weight is 238 g/mol. The Balaban J connectivity index is 2.16. The highest BCUT2D eigenvalue weighted by atomic mass is 32.1. The number of rotatable bonds is 4. The van der Waals surface area contributed by atoms with Crippen molar-refractivity contribution in [1.29, 1.82) is 0 Å². The summed E-state index contributed by atoms with van der Waals surface area (Å²) >= 11 is 4.56. The van der Waals surface area contributed by atoms with Gasteiger partial charge in [-0.3, -0.25) is 0 Å². The molecule has 0 aromatic carbocycles. The van der Waals surface area contributed by atoms with Gasteiger partial charge >= 0.3 is 0 Å². The molecule has 1 aromatic heterocycles. The van der Waals surface area contributed by atoms with Crippen molar-refractivity contribution >= 4 is 12.6 Å². The van der Waals surface area contributed by atoms with E-state index < -0.39 is 0 Å². The molecule has 0 amide bonds. The highest BCUT2D eigenvalue weighted by Crippen LogP contribution is 2.40. The Labute approximate surface area is 104 Å². The van der Waals surface area contributed by atoms with E-state index in [0.717, 1.165) is 12.3 Å². The van der Waals surface area contributed by atoms with Crippen LogP contribution in [0, 0.1) is 5.41 Å². The molecule has 0 spiro atoms. The minimum absolute atomic E-state index is 0.424. The zero-order chi connectivity index (χ0) is 11.6. The van der Waals surface area contributed by atoms with Gasteiger partial charge in [0, 0.05) is 24.9 Å². The lowest BCUT2D eigenvalue weighted by atomic mass is 9.88. The molecule has 1 saturated carbocycles. The van der Waals surface area contributed by atoms with Crippen LogP contribution in [0.15, 0.2) is 12.4 Å². The molecule has 16 heavy (non-hydrogen) atoms. The summed E-state index contributed by atoms with van der Waals surface area (Å²) in [6.45, 7) is 5.52. The van der Waals surface area contributed by atoms with Crippen molar-refractivity contribution in [3.05, 3.63) is 18.2 Å². The first-order chi connectivity index (χ1) is 7.67. The van der Waals surface area contributed by atoms with Crippen molar-refractivity contribution in [3.63, 3.8) is 0 Å². The van der Waals surface area contributed by atoms with Crippen LogP contribution >= 0.6 is 12.6 Å². The molecule has 1 aliphatic carbocycles. The molecule has 0 saturated heterocycles. The van der Waals surface area contributed by atoms with Crippen LogP contribution in [-0.4, -0.2) is 15.3 Å². The molecular weight excluding hydrogens is 216 g/mol. The minimum atomic E-state index is 0.424. The van der Waals surface area contributed by atoms with E-state index in [-0.39, 0.29) is 0 Å². The molecule has 0 N–H and O–H groups in total. The summed E-state index contributed by atoms with van der Waals surface area (Å²) in [7, 11) is 0. The van der Waals surface area contributed by atoms with Crippen LogP contribution < -0.4 is 0 Å². The maximum absolute atomic E-state index is 4.56. The summed E-state index contributed by atoms with van der Waals surface area (Å²) < 4.78 is 2.34. The highest BCUT2D eigenvalue weighted by Gasteiger charge is 2.33. The Bertz CT molecular complexity index is 337. The standard InChI is InChI=1S/C13H22N2S/c1-11(2)12-14-7-8-15(12)9-13(10-16)5-3-4-6-13/h7-8,11,16H,3-6,9-10H2,1-2H3. The molecule has 2 nitrogen and oxygen atoms in total. The SMILES string of the molecule is CC(C)c1nccn1CC1(CS)CCCC1. The van der Waals surface area contributed by atoms with E-state index in [1.807, 2.05) is 6.20 Å². The van der Waals surface area contributed by atoms with Gasteiger partial charge in [-0.2, -0.15) is 12.6 Å². The van der Waals surface area contributed by atoms with Crippen molar-refractivity contribution in [1.82, 2.24) is 9.55 Å². The second-order valence-electron chi connectivity index (χ2n) is 5.43. The van der Waals surface area contributed by atoms with E-state index in [4.69, 9.17) is 0 Å². The van der Waals surface area contributed by atoms with E-state index in [1.54, 1.807) is 0 Å². The van der Waals surface area contributed by atoms with Gasteiger partial charge in [0.1, 0.15) is 5.82 Å². The molecular formula is C13H22N2S. The molecule has 0 bridgehead atoms. The molecule has 2 rings (SSSR count). The first-order valence-corrected chi connectivity index (χ1v) is 6.92. The number of hydrogen-bond donors (Lipinski definition) is 1. The quantitative estimate of drug-likeness (QED) is 0.795. The topological polar surface area (TPSA) is 17.8 Å². The van der Waals surface area contributed by atoms with Gasteiger partial charge in [0.25, 0.3) is 0 Å². The molecule has 90 valence electrons. The third-order valence-electron chi connectivity index (χ3n) is 3.77. The number of imidazole rings is 1. The van der Waals surface area contributed by atoms with Gasteiger partial charge in [-0.15, -0.1) is 0 Å². The first kappa shape index (κ1) is 12.0. The van der Waals surface area contributed by atoms with Crippen LogP contribution in [0.4, 0.5) is 0 Å². The van der Waals surface area contributed by atoms with Crippen molar-refractivity contribution in [2.75, 3.05) is 5.75 Å². The van der Waals surface area contributed by atoms with Crippen LogP contribution in [0.3, 0.4) is 0 Å². The lowest BCUT2D eigenvalue weighted by Crippen LogP contribution is -2.26. The van der Waals surface area contributed by atoms with Crippen molar-refractivity contribution in [3.8, 4) is 0 Å². The van der Waals surface area contributed by atoms with Crippen LogP contribution in [-0.2, 0) is 6.54 Å². The smallest absolute Gasteiger partial charge is 0.111 e. The Hall–Kier alpha value is -0.440. The molecule has 1 aromatic rings. The molecule has 3 heteroatoms. The Morgan fingerprint density at radius 1 is 1.44 bits per heavy atom. The lowest BCUT2D eigenvalue weighted by Gasteiger charge is -2.28. The summed E-state index contributed by atoms with van der Waals surface area (Å²) in [5.41, 5.74) is 0.424. The molecule has 1 aliphatic rings. The summed E-state index contributed by atoms with van der Waals surface area (Å²) in [6, 6.07) is 0. The molecule has 0 aliphatic heterocycles. The Kier molecular flexibility index (Phi) is 3.63. The third-order valence-corrected chi connectivity index (χ3v) is 4.44. The number of hydrogen-bond acceptors (Lipinski definition) is 2. The van der Waals surface area contributed by atoms with E-state index in [0.29, 0.717) is 11.3 Å². The van der Waals surface area contributed by atoms with Crippen molar-refractivity contribution < 1.29 is 0 Å². The fraction of sp³-hybridized carbons (Fsp3) is 0.769. The average Bonchev–Trinajstić information content (AvgIpc) is 2.88. The van der Waals surface area contributed by atoms with Crippen LogP contribution in [0.1, 0.15) is 51.3 Å². The minimum Gasteiger partial charge on any atom is -0.334 e. The van der Waals surface area contributed by atoms with Crippen LogP contribution in [0.5, 0.6) is 0 Å². The summed E-state index contributed by atoms with van der Waals surface area (Å²) in [5.74, 6) is 2.73. The van der Waals surface area contributed by atoms with E-state index in [9.17, 15) is 0 Å². The number of thiol groups is 1. The zero-order valence-electron chi connectivity index (χ0n) is 10.3. The van der Waals surface area contributed by atoms with E-state index >= 15 is 0 Å². The number of nitrogens with zero attached hydrogens (tertiary/aromatic N) is 2. The van der Waals surface area contributed by atoms with Crippen LogP contribution in [0.2, 0.25) is 0 Å². The van der Waals surface area contributed by atoms with Gasteiger partial charge < -0.3 is 4.57 Å². The molecule has 1 fully saturated rings. The highest BCUT2D eigenvalue weighted by molar-refractivity contribution is 7.80. The zero-order valence-corrected chi connectivity index (χ0v) is 11.2. The predicted molar refractivity (Wildman–Crippen MR) is 71.1 cm³/mol. The molecule has 0 unspecified atom stereocenters. The van der Waals surface area contributed by atoms with Crippen LogP contribution in [0.25, 0.3) is 0 Å². The van der Waals surface area contributed by atoms with Gasteiger partial charge in [-0.05, 0) is 24.0 Å². The van der Waals surface area contributed by atoms with E-state index in [1.165, 1.54) is 31.5 Å². The maximum atomic E-state index is 4.56. The molecule has 0 radical (unpaired) electrons. The summed E-state index contributed by atoms with van der Waals surface area (Å²) in [5, 5.41) is 0. The predicted octanol–water partition coefficient (Wildman–Crippen LogP) is 3.50. The Morgan fingerprint density at radius 2 is 2.12 bits per heavy atom. The van der Waals surface area contributed by atoms with Gasteiger partial charge in [-0.25, -0.2) is 4.98 Å². The number of aromatic nitrogens is 2.